The maximum atomic E-state index is 11.7. The van der Waals surface area contributed by atoms with E-state index in [1.807, 2.05) is 31.2 Å². The number of rotatable bonds is 2. The summed E-state index contributed by atoms with van der Waals surface area (Å²) in [5.74, 6) is -0.0712. The first-order valence-electron chi connectivity index (χ1n) is 5.08. The number of nitrogens with one attached hydrogen (secondary N) is 1. The summed E-state index contributed by atoms with van der Waals surface area (Å²) in [6, 6.07) is 7.57. The Morgan fingerprint density at radius 2 is 2.25 bits per heavy atom. The minimum absolute atomic E-state index is 0.216. The summed E-state index contributed by atoms with van der Waals surface area (Å²) in [7, 11) is 0. The van der Waals surface area contributed by atoms with Crippen LogP contribution in [0, 0.1) is 6.92 Å². The summed E-state index contributed by atoms with van der Waals surface area (Å²) in [6.45, 7) is 2.86. The molecule has 4 heteroatoms. The smallest absolute Gasteiger partial charge is 0.294 e. The lowest BCUT2D eigenvalue weighted by atomic mass is 10.2. The van der Waals surface area contributed by atoms with Gasteiger partial charge in [-0.15, -0.1) is 0 Å². The largest absolute Gasteiger partial charge is 0.494 e. The van der Waals surface area contributed by atoms with Gasteiger partial charge in [-0.1, -0.05) is 12.1 Å². The van der Waals surface area contributed by atoms with Gasteiger partial charge in [0, 0.05) is 5.69 Å². The number of amides is 1. The summed E-state index contributed by atoms with van der Waals surface area (Å²) in [5, 5.41) is 2.74. The van der Waals surface area contributed by atoms with E-state index in [-0.39, 0.29) is 11.7 Å². The average Bonchev–Trinajstić information content (AvgIpc) is 2.30. The monoisotopic (exact) mass is 219 g/mol. The van der Waals surface area contributed by atoms with Gasteiger partial charge in [-0.3, -0.25) is 4.79 Å². The van der Waals surface area contributed by atoms with Crippen molar-refractivity contribution in [1.29, 1.82) is 0 Å². The highest BCUT2D eigenvalue weighted by molar-refractivity contribution is 6.02. The standard InChI is InChI=1S/C12H13NO3/c1-9-3-2-4-10(7-9)13-12(14)11-8-15-5-6-16-11/h2-4,7-8H,5-6H2,1H3,(H,13,14). The molecule has 0 aliphatic carbocycles. The number of carbonyl (C=O) groups excluding carboxylic acids is 1. The molecule has 0 aromatic heterocycles. The van der Waals surface area contributed by atoms with Crippen molar-refractivity contribution < 1.29 is 14.3 Å². The van der Waals surface area contributed by atoms with E-state index in [1.165, 1.54) is 6.26 Å². The molecule has 1 aromatic rings. The summed E-state index contributed by atoms with van der Waals surface area (Å²) in [5.41, 5.74) is 1.84. The number of aryl methyl sites for hydroxylation is 1. The fourth-order valence-electron chi connectivity index (χ4n) is 1.40. The van der Waals surface area contributed by atoms with Crippen molar-refractivity contribution in [3.63, 3.8) is 0 Å². The second kappa shape index (κ2) is 4.70. The highest BCUT2D eigenvalue weighted by Crippen LogP contribution is 2.12. The van der Waals surface area contributed by atoms with Crippen LogP contribution in [0.25, 0.3) is 0 Å². The lowest BCUT2D eigenvalue weighted by Gasteiger charge is -2.15. The summed E-state index contributed by atoms with van der Waals surface area (Å²) < 4.78 is 10.2. The molecule has 1 aliphatic heterocycles. The van der Waals surface area contributed by atoms with Gasteiger partial charge in [0.1, 0.15) is 19.5 Å². The van der Waals surface area contributed by atoms with E-state index in [0.29, 0.717) is 13.2 Å². The van der Waals surface area contributed by atoms with Gasteiger partial charge in [0.25, 0.3) is 5.91 Å². The Morgan fingerprint density at radius 3 is 2.94 bits per heavy atom. The molecule has 16 heavy (non-hydrogen) atoms. The molecule has 84 valence electrons. The molecule has 1 amide bonds. The maximum Gasteiger partial charge on any atom is 0.294 e. The van der Waals surface area contributed by atoms with E-state index in [1.54, 1.807) is 0 Å². The van der Waals surface area contributed by atoms with Crippen LogP contribution in [0.3, 0.4) is 0 Å². The predicted molar refractivity (Wildman–Crippen MR) is 59.8 cm³/mol. The third kappa shape index (κ3) is 2.53. The highest BCUT2D eigenvalue weighted by Gasteiger charge is 2.14. The lowest BCUT2D eigenvalue weighted by molar-refractivity contribution is -0.117. The Bertz CT molecular complexity index is 426. The van der Waals surface area contributed by atoms with Crippen LogP contribution in [-0.4, -0.2) is 19.1 Å². The van der Waals surface area contributed by atoms with Gasteiger partial charge in [-0.05, 0) is 24.6 Å². The molecule has 0 atom stereocenters. The second-order valence-corrected chi connectivity index (χ2v) is 3.52. The van der Waals surface area contributed by atoms with Gasteiger partial charge < -0.3 is 14.8 Å². The summed E-state index contributed by atoms with van der Waals surface area (Å²) in [4.78, 5) is 11.7. The van der Waals surface area contributed by atoms with E-state index in [0.717, 1.165) is 11.3 Å². The molecule has 2 rings (SSSR count). The first kappa shape index (κ1) is 10.5. The normalized spacial score (nSPS) is 14.4. The van der Waals surface area contributed by atoms with Crippen LogP contribution >= 0.6 is 0 Å². The van der Waals surface area contributed by atoms with Crippen LogP contribution in [0.4, 0.5) is 5.69 Å². The Hall–Kier alpha value is -1.97. The highest BCUT2D eigenvalue weighted by atomic mass is 16.6. The van der Waals surface area contributed by atoms with E-state index in [4.69, 9.17) is 9.47 Å². The summed E-state index contributed by atoms with van der Waals surface area (Å²) >= 11 is 0. The minimum Gasteiger partial charge on any atom is -0.494 e. The lowest BCUT2D eigenvalue weighted by Crippen LogP contribution is -2.21. The number of carbonyl (C=O) groups is 1. The predicted octanol–water partition coefficient (Wildman–Crippen LogP) is 1.82. The number of anilines is 1. The maximum absolute atomic E-state index is 11.7. The zero-order chi connectivity index (χ0) is 11.4. The molecule has 0 fully saturated rings. The van der Waals surface area contributed by atoms with E-state index in [2.05, 4.69) is 5.32 Å². The average molecular weight is 219 g/mol. The Kier molecular flexibility index (Phi) is 3.10. The fourth-order valence-corrected chi connectivity index (χ4v) is 1.40. The van der Waals surface area contributed by atoms with Crippen molar-refractivity contribution >= 4 is 11.6 Å². The van der Waals surface area contributed by atoms with Gasteiger partial charge in [-0.2, -0.15) is 0 Å². The van der Waals surface area contributed by atoms with E-state index in [9.17, 15) is 4.79 Å². The minimum atomic E-state index is -0.287. The number of hydrogen-bond acceptors (Lipinski definition) is 3. The van der Waals surface area contributed by atoms with Crippen LogP contribution in [-0.2, 0) is 14.3 Å². The number of benzene rings is 1. The quantitative estimate of drug-likeness (QED) is 0.825. The Labute approximate surface area is 93.9 Å². The van der Waals surface area contributed by atoms with E-state index < -0.39 is 0 Å². The first-order valence-corrected chi connectivity index (χ1v) is 5.08. The van der Waals surface area contributed by atoms with Crippen molar-refractivity contribution in [2.45, 2.75) is 6.92 Å². The third-order valence-corrected chi connectivity index (χ3v) is 2.15. The fraction of sp³-hybridized carbons (Fsp3) is 0.250. The zero-order valence-electron chi connectivity index (χ0n) is 9.03. The van der Waals surface area contributed by atoms with Crippen molar-refractivity contribution in [1.82, 2.24) is 0 Å². The van der Waals surface area contributed by atoms with Crippen molar-refractivity contribution in [2.24, 2.45) is 0 Å². The van der Waals surface area contributed by atoms with Crippen LogP contribution in [0.2, 0.25) is 0 Å². The molecule has 1 heterocycles. The van der Waals surface area contributed by atoms with Crippen LogP contribution in [0.15, 0.2) is 36.3 Å². The molecule has 0 spiro atoms. The van der Waals surface area contributed by atoms with Gasteiger partial charge in [0.05, 0.1) is 0 Å². The Morgan fingerprint density at radius 1 is 1.38 bits per heavy atom. The Balaban J connectivity index is 2.04. The molecule has 0 saturated heterocycles. The molecule has 1 aromatic carbocycles. The number of hydrogen-bond donors (Lipinski definition) is 1. The van der Waals surface area contributed by atoms with Crippen LogP contribution in [0.1, 0.15) is 5.56 Å². The molecule has 0 saturated carbocycles. The van der Waals surface area contributed by atoms with Crippen molar-refractivity contribution in [3.8, 4) is 0 Å². The third-order valence-electron chi connectivity index (χ3n) is 2.15. The number of ether oxygens (including phenoxy) is 2. The first-order chi connectivity index (χ1) is 7.75. The van der Waals surface area contributed by atoms with Crippen molar-refractivity contribution in [2.75, 3.05) is 18.5 Å². The van der Waals surface area contributed by atoms with Crippen LogP contribution in [0.5, 0.6) is 0 Å². The van der Waals surface area contributed by atoms with Gasteiger partial charge >= 0.3 is 0 Å². The van der Waals surface area contributed by atoms with Gasteiger partial charge in [0.15, 0.2) is 0 Å². The molecule has 1 N–H and O–H groups in total. The van der Waals surface area contributed by atoms with Crippen molar-refractivity contribution in [3.05, 3.63) is 41.9 Å². The molecule has 0 radical (unpaired) electrons. The molecular weight excluding hydrogens is 206 g/mol. The molecule has 4 nitrogen and oxygen atoms in total. The topological polar surface area (TPSA) is 47.6 Å². The molecule has 1 aliphatic rings. The van der Waals surface area contributed by atoms with Gasteiger partial charge in [0.2, 0.25) is 5.76 Å². The SMILES string of the molecule is Cc1cccc(NC(=O)C2=COCCO2)c1. The molecular formula is C12H13NO3. The summed E-state index contributed by atoms with van der Waals surface area (Å²) in [6.07, 6.45) is 1.34. The molecule has 0 unspecified atom stereocenters. The van der Waals surface area contributed by atoms with Gasteiger partial charge in [-0.25, -0.2) is 0 Å². The van der Waals surface area contributed by atoms with E-state index >= 15 is 0 Å². The van der Waals surface area contributed by atoms with Crippen LogP contribution < -0.4 is 5.32 Å². The molecule has 0 bridgehead atoms. The second-order valence-electron chi connectivity index (χ2n) is 3.52. The zero-order valence-corrected chi connectivity index (χ0v) is 9.03.